The van der Waals surface area contributed by atoms with Crippen molar-refractivity contribution in [3.05, 3.63) is 46.2 Å². The van der Waals surface area contributed by atoms with Crippen LogP contribution in [0.25, 0.3) is 11.3 Å². The largest absolute Gasteiger partial charge is 0.494 e. The van der Waals surface area contributed by atoms with Gasteiger partial charge < -0.3 is 10.5 Å². The van der Waals surface area contributed by atoms with Crippen LogP contribution in [0.5, 0.6) is 5.75 Å². The minimum absolute atomic E-state index is 0.0758. The van der Waals surface area contributed by atoms with Crippen LogP contribution >= 0.6 is 12.2 Å². The van der Waals surface area contributed by atoms with Gasteiger partial charge in [-0.05, 0) is 32.0 Å². The molecule has 0 atom stereocenters. The van der Waals surface area contributed by atoms with Crippen LogP contribution < -0.4 is 16.0 Å². The van der Waals surface area contributed by atoms with Crippen LogP contribution in [0, 0.1) is 0 Å². The van der Waals surface area contributed by atoms with Gasteiger partial charge in [-0.1, -0.05) is 24.4 Å². The third-order valence-corrected chi connectivity index (χ3v) is 3.20. The Morgan fingerprint density at radius 1 is 1.38 bits per heavy atom. The van der Waals surface area contributed by atoms with Crippen LogP contribution in [0.15, 0.2) is 35.1 Å². The lowest BCUT2D eigenvalue weighted by atomic mass is 10.1. The van der Waals surface area contributed by atoms with E-state index in [1.807, 2.05) is 38.1 Å². The number of hydrogen-bond acceptors (Lipinski definition) is 4. The zero-order chi connectivity index (χ0) is 15.4. The molecule has 0 bridgehead atoms. The Bertz CT molecular complexity index is 725. The first-order valence-corrected chi connectivity index (χ1v) is 7.12. The van der Waals surface area contributed by atoms with Crippen LogP contribution in [0.4, 0.5) is 0 Å². The molecule has 21 heavy (non-hydrogen) atoms. The molecule has 0 aliphatic rings. The van der Waals surface area contributed by atoms with Gasteiger partial charge in [0.1, 0.15) is 10.7 Å². The molecule has 1 aromatic carbocycles. The van der Waals surface area contributed by atoms with E-state index < -0.39 is 0 Å². The Hall–Kier alpha value is -2.21. The number of aromatic nitrogens is 2. The molecular formula is C15H17N3O2S. The fraction of sp³-hybridized carbons (Fsp3) is 0.267. The monoisotopic (exact) mass is 303 g/mol. The highest BCUT2D eigenvalue weighted by Crippen LogP contribution is 2.22. The summed E-state index contributed by atoms with van der Waals surface area (Å²) < 4.78 is 6.84. The average molecular weight is 303 g/mol. The summed E-state index contributed by atoms with van der Waals surface area (Å²) >= 11 is 4.95. The van der Waals surface area contributed by atoms with Gasteiger partial charge in [0.05, 0.1) is 17.9 Å². The topological polar surface area (TPSA) is 70.1 Å². The molecule has 6 heteroatoms. The van der Waals surface area contributed by atoms with E-state index in [1.54, 1.807) is 6.07 Å². The number of rotatable bonds is 5. The number of nitrogens with zero attached hydrogens (tertiary/aromatic N) is 2. The van der Waals surface area contributed by atoms with Crippen LogP contribution in [-0.4, -0.2) is 21.4 Å². The van der Waals surface area contributed by atoms with Gasteiger partial charge in [-0.3, -0.25) is 4.79 Å². The molecule has 110 valence electrons. The van der Waals surface area contributed by atoms with E-state index >= 15 is 0 Å². The van der Waals surface area contributed by atoms with Gasteiger partial charge in [0.2, 0.25) is 0 Å². The lowest BCUT2D eigenvalue weighted by Gasteiger charge is -2.10. The highest BCUT2D eigenvalue weighted by molar-refractivity contribution is 7.80. The van der Waals surface area contributed by atoms with E-state index in [0.29, 0.717) is 24.4 Å². The maximum Gasteiger partial charge on any atom is 0.277 e. The summed E-state index contributed by atoms with van der Waals surface area (Å²) in [4.78, 5) is 12.2. The number of thiocarbonyl (C=S) groups is 1. The van der Waals surface area contributed by atoms with E-state index in [4.69, 9.17) is 22.7 Å². The predicted molar refractivity (Wildman–Crippen MR) is 86.7 cm³/mol. The second-order valence-electron chi connectivity index (χ2n) is 4.39. The van der Waals surface area contributed by atoms with Gasteiger partial charge in [0, 0.05) is 12.1 Å². The van der Waals surface area contributed by atoms with E-state index in [0.717, 1.165) is 11.3 Å². The molecule has 0 unspecified atom stereocenters. The zero-order valence-corrected chi connectivity index (χ0v) is 12.8. The van der Waals surface area contributed by atoms with E-state index in [1.165, 1.54) is 4.68 Å². The van der Waals surface area contributed by atoms with Crippen molar-refractivity contribution >= 4 is 17.2 Å². The van der Waals surface area contributed by atoms with Crippen LogP contribution in [0.1, 0.15) is 19.4 Å². The van der Waals surface area contributed by atoms with Crippen LogP contribution in [0.3, 0.4) is 0 Å². The van der Waals surface area contributed by atoms with Crippen molar-refractivity contribution in [1.82, 2.24) is 9.78 Å². The molecule has 0 spiro atoms. The summed E-state index contributed by atoms with van der Waals surface area (Å²) in [5.74, 6) is 0.753. The van der Waals surface area contributed by atoms with Gasteiger partial charge in [-0.2, -0.15) is 5.10 Å². The number of hydrogen-bond donors (Lipinski definition) is 1. The Balaban J connectivity index is 2.58. The van der Waals surface area contributed by atoms with Gasteiger partial charge in [-0.15, -0.1) is 0 Å². The maximum absolute atomic E-state index is 12.1. The SMILES string of the molecule is CCOc1cccc(-c2cc(C(N)=S)c(=O)n(CC)n2)c1. The van der Waals surface area contributed by atoms with Crippen molar-refractivity contribution in [2.24, 2.45) is 5.73 Å². The number of benzene rings is 1. The van der Waals surface area contributed by atoms with E-state index in [2.05, 4.69) is 5.10 Å². The highest BCUT2D eigenvalue weighted by atomic mass is 32.1. The first-order chi connectivity index (χ1) is 10.1. The molecule has 0 saturated heterocycles. The van der Waals surface area contributed by atoms with Crippen molar-refractivity contribution in [2.45, 2.75) is 20.4 Å². The van der Waals surface area contributed by atoms with Gasteiger partial charge in [0.15, 0.2) is 0 Å². The second-order valence-corrected chi connectivity index (χ2v) is 4.83. The molecule has 1 aromatic heterocycles. The minimum atomic E-state index is -0.269. The normalized spacial score (nSPS) is 10.4. The average Bonchev–Trinajstić information content (AvgIpc) is 2.48. The van der Waals surface area contributed by atoms with Crippen LogP contribution in [0.2, 0.25) is 0 Å². The fourth-order valence-electron chi connectivity index (χ4n) is 1.99. The lowest BCUT2D eigenvalue weighted by molar-refractivity contribution is 0.340. The zero-order valence-electron chi connectivity index (χ0n) is 12.0. The second kappa shape index (κ2) is 6.49. The third kappa shape index (κ3) is 3.28. The molecule has 2 rings (SSSR count). The Morgan fingerprint density at radius 2 is 2.14 bits per heavy atom. The van der Waals surface area contributed by atoms with Gasteiger partial charge in [0.25, 0.3) is 5.56 Å². The molecule has 0 aliphatic heterocycles. The summed E-state index contributed by atoms with van der Waals surface area (Å²) in [6, 6.07) is 9.15. The molecular weight excluding hydrogens is 286 g/mol. The van der Waals surface area contributed by atoms with Crippen LogP contribution in [-0.2, 0) is 6.54 Å². The quantitative estimate of drug-likeness (QED) is 0.855. The number of aryl methyl sites for hydroxylation is 1. The molecule has 5 nitrogen and oxygen atoms in total. The Kier molecular flexibility index (Phi) is 4.70. The molecule has 1 heterocycles. The standard InChI is InChI=1S/C15H17N3O2S/c1-3-18-15(19)12(14(16)21)9-13(17-18)10-6-5-7-11(8-10)20-4-2/h5-9H,3-4H2,1-2H3,(H2,16,21). The summed E-state index contributed by atoms with van der Waals surface area (Å²) in [5.41, 5.74) is 7.15. The molecule has 0 aliphatic carbocycles. The maximum atomic E-state index is 12.1. The molecule has 0 saturated carbocycles. The van der Waals surface area contributed by atoms with Crippen molar-refractivity contribution in [2.75, 3.05) is 6.61 Å². The first kappa shape index (κ1) is 15.2. The van der Waals surface area contributed by atoms with Crippen molar-refractivity contribution in [3.8, 4) is 17.0 Å². The fourth-order valence-corrected chi connectivity index (χ4v) is 2.13. The van der Waals surface area contributed by atoms with E-state index in [9.17, 15) is 4.79 Å². The van der Waals surface area contributed by atoms with E-state index in [-0.39, 0.29) is 10.5 Å². The molecule has 0 fully saturated rings. The Morgan fingerprint density at radius 3 is 2.76 bits per heavy atom. The number of nitrogens with two attached hydrogens (primary N) is 1. The number of ether oxygens (including phenoxy) is 1. The highest BCUT2D eigenvalue weighted by Gasteiger charge is 2.11. The summed E-state index contributed by atoms with van der Waals surface area (Å²) in [7, 11) is 0. The molecule has 2 aromatic rings. The summed E-state index contributed by atoms with van der Waals surface area (Å²) in [6.45, 7) is 4.81. The third-order valence-electron chi connectivity index (χ3n) is 2.98. The first-order valence-electron chi connectivity index (χ1n) is 6.72. The van der Waals surface area contributed by atoms with Crippen molar-refractivity contribution in [1.29, 1.82) is 0 Å². The van der Waals surface area contributed by atoms with Gasteiger partial charge >= 0.3 is 0 Å². The van der Waals surface area contributed by atoms with Crippen molar-refractivity contribution < 1.29 is 4.74 Å². The smallest absolute Gasteiger partial charge is 0.277 e. The predicted octanol–water partition coefficient (Wildman–Crippen LogP) is 1.96. The lowest BCUT2D eigenvalue weighted by Crippen LogP contribution is -2.30. The summed E-state index contributed by atoms with van der Waals surface area (Å²) in [5, 5.41) is 4.34. The molecule has 0 amide bonds. The minimum Gasteiger partial charge on any atom is -0.494 e. The Labute approximate surface area is 128 Å². The molecule has 0 radical (unpaired) electrons. The molecule has 2 N–H and O–H groups in total. The van der Waals surface area contributed by atoms with Gasteiger partial charge in [-0.25, -0.2) is 4.68 Å². The summed E-state index contributed by atoms with van der Waals surface area (Å²) in [6.07, 6.45) is 0. The van der Waals surface area contributed by atoms with Crippen molar-refractivity contribution in [3.63, 3.8) is 0 Å².